The summed E-state index contributed by atoms with van der Waals surface area (Å²) in [5, 5.41) is 8.16. The second kappa shape index (κ2) is 7.21. The zero-order chi connectivity index (χ0) is 15.9. The van der Waals surface area contributed by atoms with Crippen LogP contribution in [0.2, 0.25) is 0 Å². The lowest BCUT2D eigenvalue weighted by molar-refractivity contribution is 0.102. The maximum atomic E-state index is 12.3. The third kappa shape index (κ3) is 4.31. The van der Waals surface area contributed by atoms with Crippen molar-refractivity contribution in [3.05, 3.63) is 54.4 Å². The van der Waals surface area contributed by atoms with Gasteiger partial charge in [-0.05, 0) is 38.1 Å². The number of benzene rings is 1. The summed E-state index contributed by atoms with van der Waals surface area (Å²) >= 11 is 0. The number of pyridine rings is 1. The molecule has 0 fully saturated rings. The third-order valence-electron chi connectivity index (χ3n) is 2.78. The number of aromatic nitrogens is 1. The molecule has 2 aromatic rings. The number of anilines is 2. The molecule has 0 spiro atoms. The van der Waals surface area contributed by atoms with Crippen molar-refractivity contribution in [1.82, 2.24) is 10.3 Å². The van der Waals surface area contributed by atoms with Crippen molar-refractivity contribution in [2.75, 3.05) is 10.6 Å². The molecule has 0 saturated heterocycles. The number of carbonyl (C=O) groups excluding carboxylic acids is 2. The highest BCUT2D eigenvalue weighted by atomic mass is 16.2. The second-order valence-electron chi connectivity index (χ2n) is 4.99. The Morgan fingerprint density at radius 2 is 1.68 bits per heavy atom. The van der Waals surface area contributed by atoms with E-state index in [-0.39, 0.29) is 18.0 Å². The summed E-state index contributed by atoms with van der Waals surface area (Å²) in [6.07, 6.45) is 3.19. The number of amides is 3. The monoisotopic (exact) mass is 298 g/mol. The van der Waals surface area contributed by atoms with Crippen LogP contribution in [-0.2, 0) is 0 Å². The molecule has 6 heteroatoms. The van der Waals surface area contributed by atoms with Gasteiger partial charge in [0.25, 0.3) is 5.91 Å². The minimum absolute atomic E-state index is 0.0119. The van der Waals surface area contributed by atoms with Gasteiger partial charge in [-0.15, -0.1) is 0 Å². The van der Waals surface area contributed by atoms with Gasteiger partial charge in [0, 0.05) is 24.1 Å². The van der Waals surface area contributed by atoms with E-state index in [4.69, 9.17) is 0 Å². The van der Waals surface area contributed by atoms with Gasteiger partial charge in [0.1, 0.15) is 0 Å². The molecule has 0 aliphatic carbocycles. The van der Waals surface area contributed by atoms with Crippen LogP contribution >= 0.6 is 0 Å². The molecular weight excluding hydrogens is 280 g/mol. The molecule has 0 radical (unpaired) electrons. The largest absolute Gasteiger partial charge is 0.336 e. The molecule has 0 atom stereocenters. The van der Waals surface area contributed by atoms with Crippen molar-refractivity contribution in [2.24, 2.45) is 0 Å². The average Bonchev–Trinajstić information content (AvgIpc) is 2.47. The lowest BCUT2D eigenvalue weighted by Gasteiger charge is -2.13. The number of hydrogen-bond donors (Lipinski definition) is 3. The topological polar surface area (TPSA) is 83.1 Å². The highest BCUT2D eigenvalue weighted by Crippen LogP contribution is 2.17. The van der Waals surface area contributed by atoms with Gasteiger partial charge in [0.15, 0.2) is 0 Å². The molecule has 0 unspecified atom stereocenters. The van der Waals surface area contributed by atoms with Gasteiger partial charge in [0.2, 0.25) is 0 Å². The summed E-state index contributed by atoms with van der Waals surface area (Å²) in [5.41, 5.74) is 1.48. The summed E-state index contributed by atoms with van der Waals surface area (Å²) < 4.78 is 0. The van der Waals surface area contributed by atoms with Crippen molar-refractivity contribution in [2.45, 2.75) is 19.9 Å². The summed E-state index contributed by atoms with van der Waals surface area (Å²) in [6, 6.07) is 9.89. The van der Waals surface area contributed by atoms with Crippen molar-refractivity contribution >= 4 is 23.3 Å². The Morgan fingerprint density at radius 3 is 2.36 bits per heavy atom. The first-order chi connectivity index (χ1) is 10.6. The van der Waals surface area contributed by atoms with E-state index in [1.807, 2.05) is 13.8 Å². The molecule has 22 heavy (non-hydrogen) atoms. The molecule has 3 amide bonds. The maximum Gasteiger partial charge on any atom is 0.319 e. The molecule has 0 bridgehead atoms. The second-order valence-corrected chi connectivity index (χ2v) is 4.99. The molecule has 0 aliphatic rings. The Bertz CT molecular complexity index is 656. The molecule has 6 nitrogen and oxygen atoms in total. The van der Waals surface area contributed by atoms with Gasteiger partial charge < -0.3 is 16.0 Å². The first kappa shape index (κ1) is 15.5. The van der Waals surface area contributed by atoms with E-state index in [2.05, 4.69) is 20.9 Å². The van der Waals surface area contributed by atoms with E-state index >= 15 is 0 Å². The van der Waals surface area contributed by atoms with Gasteiger partial charge in [-0.25, -0.2) is 4.79 Å². The van der Waals surface area contributed by atoms with E-state index in [1.54, 1.807) is 48.8 Å². The first-order valence-electron chi connectivity index (χ1n) is 6.94. The molecule has 0 saturated carbocycles. The van der Waals surface area contributed by atoms with Gasteiger partial charge in [0.05, 0.1) is 11.3 Å². The van der Waals surface area contributed by atoms with Gasteiger partial charge in [-0.2, -0.15) is 0 Å². The smallest absolute Gasteiger partial charge is 0.319 e. The zero-order valence-electron chi connectivity index (χ0n) is 12.5. The molecular formula is C16H18N4O2. The Hall–Kier alpha value is -2.89. The van der Waals surface area contributed by atoms with Crippen molar-refractivity contribution < 1.29 is 9.59 Å². The quantitative estimate of drug-likeness (QED) is 0.811. The van der Waals surface area contributed by atoms with Crippen molar-refractivity contribution in [3.8, 4) is 0 Å². The highest BCUT2D eigenvalue weighted by molar-refractivity contribution is 6.09. The van der Waals surface area contributed by atoms with Crippen LogP contribution in [0.1, 0.15) is 24.2 Å². The molecule has 1 aromatic heterocycles. The van der Waals surface area contributed by atoms with E-state index in [0.717, 1.165) is 0 Å². The Balaban J connectivity index is 2.14. The van der Waals surface area contributed by atoms with Crippen LogP contribution in [0.4, 0.5) is 16.2 Å². The number of para-hydroxylation sites is 1. The van der Waals surface area contributed by atoms with Crippen LogP contribution in [0, 0.1) is 0 Å². The van der Waals surface area contributed by atoms with Crippen LogP contribution in [0.25, 0.3) is 0 Å². The number of hydrogen-bond acceptors (Lipinski definition) is 3. The Labute approximate surface area is 129 Å². The molecule has 0 aliphatic heterocycles. The predicted molar refractivity (Wildman–Crippen MR) is 85.9 cm³/mol. The van der Waals surface area contributed by atoms with Gasteiger partial charge in [-0.1, -0.05) is 12.1 Å². The maximum absolute atomic E-state index is 12.3. The minimum Gasteiger partial charge on any atom is -0.336 e. The van der Waals surface area contributed by atoms with Crippen LogP contribution in [0.5, 0.6) is 0 Å². The van der Waals surface area contributed by atoms with Crippen LogP contribution in [0.3, 0.4) is 0 Å². The average molecular weight is 298 g/mol. The molecule has 1 aromatic carbocycles. The summed E-state index contributed by atoms with van der Waals surface area (Å²) in [7, 11) is 0. The number of urea groups is 1. The highest BCUT2D eigenvalue weighted by Gasteiger charge is 2.13. The fourth-order valence-electron chi connectivity index (χ4n) is 1.84. The predicted octanol–water partition coefficient (Wildman–Crippen LogP) is 2.86. The lowest BCUT2D eigenvalue weighted by Crippen LogP contribution is -2.34. The number of carbonyl (C=O) groups is 2. The van der Waals surface area contributed by atoms with Crippen LogP contribution in [-0.4, -0.2) is 23.0 Å². The fraction of sp³-hybridized carbons (Fsp3) is 0.188. The Kier molecular flexibility index (Phi) is 5.08. The normalized spacial score (nSPS) is 10.1. The standard InChI is InChI=1S/C16H18N4O2/c1-11(2)18-16(22)20-14-6-4-3-5-13(14)15(21)19-12-7-9-17-10-8-12/h3-11H,1-2H3,(H,17,19,21)(H2,18,20,22). The van der Waals surface area contributed by atoms with Crippen LogP contribution < -0.4 is 16.0 Å². The van der Waals surface area contributed by atoms with Gasteiger partial charge >= 0.3 is 6.03 Å². The molecule has 114 valence electrons. The number of rotatable bonds is 4. The van der Waals surface area contributed by atoms with E-state index in [1.165, 1.54) is 0 Å². The lowest BCUT2D eigenvalue weighted by atomic mass is 10.1. The van der Waals surface area contributed by atoms with E-state index in [9.17, 15) is 9.59 Å². The van der Waals surface area contributed by atoms with Crippen molar-refractivity contribution in [3.63, 3.8) is 0 Å². The summed E-state index contributed by atoms with van der Waals surface area (Å²) in [6.45, 7) is 3.73. The van der Waals surface area contributed by atoms with Gasteiger partial charge in [-0.3, -0.25) is 9.78 Å². The fourth-order valence-corrected chi connectivity index (χ4v) is 1.84. The molecule has 3 N–H and O–H groups in total. The molecule has 2 rings (SSSR count). The van der Waals surface area contributed by atoms with E-state index in [0.29, 0.717) is 16.9 Å². The van der Waals surface area contributed by atoms with Crippen LogP contribution in [0.15, 0.2) is 48.8 Å². The minimum atomic E-state index is -0.348. The third-order valence-corrected chi connectivity index (χ3v) is 2.78. The first-order valence-corrected chi connectivity index (χ1v) is 6.94. The molecule has 1 heterocycles. The van der Waals surface area contributed by atoms with Crippen molar-refractivity contribution in [1.29, 1.82) is 0 Å². The zero-order valence-corrected chi connectivity index (χ0v) is 12.5. The SMILES string of the molecule is CC(C)NC(=O)Nc1ccccc1C(=O)Nc1ccncc1. The Morgan fingerprint density at radius 1 is 1.00 bits per heavy atom. The summed E-state index contributed by atoms with van der Waals surface area (Å²) in [4.78, 5) is 28.0. The number of nitrogens with one attached hydrogen (secondary N) is 3. The van der Waals surface area contributed by atoms with E-state index < -0.39 is 0 Å². The number of nitrogens with zero attached hydrogens (tertiary/aromatic N) is 1. The summed E-state index contributed by atoms with van der Waals surface area (Å²) in [5.74, 6) is -0.299.